The lowest BCUT2D eigenvalue weighted by Crippen LogP contribution is -2.39. The summed E-state index contributed by atoms with van der Waals surface area (Å²) in [6.07, 6.45) is 0.702. The van der Waals surface area contributed by atoms with Crippen LogP contribution >= 0.6 is 0 Å². The number of carbonyl (C=O) groups is 1. The SMILES string of the molecule is CC1CCN(c2ccc(S(=O)(=O)C(F)F)cc2)C1C(=O)O. The maximum absolute atomic E-state index is 12.4. The second-order valence-corrected chi connectivity index (χ2v) is 6.96. The first-order valence-electron chi connectivity index (χ1n) is 6.36. The number of carboxylic acids is 1. The molecule has 0 saturated carbocycles. The highest BCUT2D eigenvalue weighted by Crippen LogP contribution is 2.31. The molecule has 0 radical (unpaired) electrons. The van der Waals surface area contributed by atoms with Crippen LogP contribution in [0.4, 0.5) is 14.5 Å². The van der Waals surface area contributed by atoms with Gasteiger partial charge in [-0.05, 0) is 36.6 Å². The van der Waals surface area contributed by atoms with E-state index in [1.807, 2.05) is 6.92 Å². The molecule has 0 spiro atoms. The van der Waals surface area contributed by atoms with Gasteiger partial charge < -0.3 is 10.0 Å². The molecule has 1 aromatic carbocycles. The first kappa shape index (κ1) is 15.7. The summed E-state index contributed by atoms with van der Waals surface area (Å²) in [5.41, 5.74) is 0.514. The molecule has 2 rings (SSSR count). The van der Waals surface area contributed by atoms with Crippen molar-refractivity contribution in [1.29, 1.82) is 0 Å². The summed E-state index contributed by atoms with van der Waals surface area (Å²) in [5, 5.41) is 9.24. The topological polar surface area (TPSA) is 74.7 Å². The van der Waals surface area contributed by atoms with E-state index in [1.165, 1.54) is 12.1 Å². The molecule has 1 N–H and O–H groups in total. The van der Waals surface area contributed by atoms with Crippen molar-refractivity contribution in [3.63, 3.8) is 0 Å². The van der Waals surface area contributed by atoms with E-state index in [9.17, 15) is 27.1 Å². The van der Waals surface area contributed by atoms with Gasteiger partial charge in [0.2, 0.25) is 9.84 Å². The van der Waals surface area contributed by atoms with E-state index < -0.39 is 32.5 Å². The number of sulfone groups is 1. The van der Waals surface area contributed by atoms with Crippen molar-refractivity contribution in [2.24, 2.45) is 5.92 Å². The number of halogens is 2. The summed E-state index contributed by atoms with van der Waals surface area (Å²) in [6, 6.07) is 4.20. The van der Waals surface area contributed by atoms with Crippen molar-refractivity contribution >= 4 is 21.5 Å². The third-order valence-electron chi connectivity index (χ3n) is 3.68. The molecule has 1 aliphatic heterocycles. The Balaban J connectivity index is 2.30. The third kappa shape index (κ3) is 2.85. The van der Waals surface area contributed by atoms with Crippen molar-refractivity contribution in [1.82, 2.24) is 0 Å². The number of aliphatic carboxylic acids is 1. The lowest BCUT2D eigenvalue weighted by atomic mass is 10.0. The van der Waals surface area contributed by atoms with Gasteiger partial charge in [-0.25, -0.2) is 13.2 Å². The average molecular weight is 319 g/mol. The Morgan fingerprint density at radius 1 is 1.33 bits per heavy atom. The number of carboxylic acid groups (broad SMARTS) is 1. The summed E-state index contributed by atoms with van der Waals surface area (Å²) >= 11 is 0. The van der Waals surface area contributed by atoms with Crippen LogP contribution in [0.25, 0.3) is 0 Å². The molecule has 8 heteroatoms. The number of nitrogens with zero attached hydrogens (tertiary/aromatic N) is 1. The summed E-state index contributed by atoms with van der Waals surface area (Å²) in [5.74, 6) is -4.46. The molecule has 1 saturated heterocycles. The molecule has 116 valence electrons. The van der Waals surface area contributed by atoms with Crippen molar-refractivity contribution < 1.29 is 27.1 Å². The van der Waals surface area contributed by atoms with Crippen molar-refractivity contribution in [2.45, 2.75) is 30.0 Å². The van der Waals surface area contributed by atoms with Crippen LogP contribution in [-0.4, -0.2) is 37.8 Å². The second kappa shape index (κ2) is 5.59. The van der Waals surface area contributed by atoms with Crippen LogP contribution in [0, 0.1) is 5.92 Å². The zero-order valence-corrected chi connectivity index (χ0v) is 12.1. The molecule has 1 aliphatic rings. The number of hydrogen-bond donors (Lipinski definition) is 1. The van der Waals surface area contributed by atoms with Crippen molar-refractivity contribution in [3.8, 4) is 0 Å². The zero-order chi connectivity index (χ0) is 15.8. The maximum Gasteiger partial charge on any atom is 0.341 e. The zero-order valence-electron chi connectivity index (χ0n) is 11.2. The first-order chi connectivity index (χ1) is 9.75. The predicted molar refractivity (Wildman–Crippen MR) is 72.2 cm³/mol. The van der Waals surface area contributed by atoms with Gasteiger partial charge in [0.15, 0.2) is 0 Å². The van der Waals surface area contributed by atoms with E-state index in [1.54, 1.807) is 4.90 Å². The van der Waals surface area contributed by atoms with Crippen molar-refractivity contribution in [2.75, 3.05) is 11.4 Å². The molecule has 0 aromatic heterocycles. The minimum absolute atomic E-state index is 0.0352. The molecular formula is C13H15F2NO4S. The first-order valence-corrected chi connectivity index (χ1v) is 7.91. The van der Waals surface area contributed by atoms with Crippen LogP contribution in [0.15, 0.2) is 29.2 Å². The standard InChI is InChI=1S/C13H15F2NO4S/c1-8-6-7-16(11(8)12(17)18)9-2-4-10(5-3-9)21(19,20)13(14)15/h2-5,8,11,13H,6-7H2,1H3,(H,17,18). The third-order valence-corrected chi connectivity index (χ3v) is 5.08. The quantitative estimate of drug-likeness (QED) is 0.918. The Bertz CT molecular complexity index is 630. The number of rotatable bonds is 4. The highest BCUT2D eigenvalue weighted by molar-refractivity contribution is 7.91. The van der Waals surface area contributed by atoms with Gasteiger partial charge >= 0.3 is 11.7 Å². The molecule has 1 fully saturated rings. The lowest BCUT2D eigenvalue weighted by molar-refractivity contribution is -0.139. The number of alkyl halides is 2. The van der Waals surface area contributed by atoms with Gasteiger partial charge in [0.1, 0.15) is 6.04 Å². The number of hydrogen-bond acceptors (Lipinski definition) is 4. The molecule has 1 aromatic rings. The monoisotopic (exact) mass is 319 g/mol. The molecular weight excluding hydrogens is 304 g/mol. The fourth-order valence-electron chi connectivity index (χ4n) is 2.54. The molecule has 0 aliphatic carbocycles. The normalized spacial score (nSPS) is 22.8. The Kier molecular flexibility index (Phi) is 4.18. The maximum atomic E-state index is 12.4. The summed E-state index contributed by atoms with van der Waals surface area (Å²) in [4.78, 5) is 12.4. The average Bonchev–Trinajstić information content (AvgIpc) is 2.80. The van der Waals surface area contributed by atoms with Gasteiger partial charge in [0.25, 0.3) is 0 Å². The highest BCUT2D eigenvalue weighted by atomic mass is 32.2. The van der Waals surface area contributed by atoms with Gasteiger partial charge in [-0.15, -0.1) is 0 Å². The van der Waals surface area contributed by atoms with Crippen LogP contribution in [0.5, 0.6) is 0 Å². The Morgan fingerprint density at radius 2 is 1.90 bits per heavy atom. The molecule has 5 nitrogen and oxygen atoms in total. The molecule has 1 heterocycles. The van der Waals surface area contributed by atoms with E-state index in [0.29, 0.717) is 18.7 Å². The van der Waals surface area contributed by atoms with E-state index in [2.05, 4.69) is 0 Å². The summed E-state index contributed by atoms with van der Waals surface area (Å²) in [6.45, 7) is 2.35. The fourth-order valence-corrected chi connectivity index (χ4v) is 3.26. The smallest absolute Gasteiger partial charge is 0.341 e. The van der Waals surface area contributed by atoms with Gasteiger partial charge in [-0.3, -0.25) is 0 Å². The van der Waals surface area contributed by atoms with E-state index in [4.69, 9.17) is 0 Å². The van der Waals surface area contributed by atoms with Crippen LogP contribution in [0.3, 0.4) is 0 Å². The Hall–Kier alpha value is -1.70. The van der Waals surface area contributed by atoms with Crippen LogP contribution in [-0.2, 0) is 14.6 Å². The molecule has 2 atom stereocenters. The highest BCUT2D eigenvalue weighted by Gasteiger charge is 2.37. The van der Waals surface area contributed by atoms with Gasteiger partial charge in [0, 0.05) is 12.2 Å². The minimum Gasteiger partial charge on any atom is -0.480 e. The molecule has 0 amide bonds. The summed E-state index contributed by atoms with van der Waals surface area (Å²) in [7, 11) is -4.63. The Morgan fingerprint density at radius 3 is 2.38 bits per heavy atom. The number of benzene rings is 1. The van der Waals surface area contributed by atoms with E-state index >= 15 is 0 Å². The van der Waals surface area contributed by atoms with Crippen LogP contribution < -0.4 is 4.90 Å². The Labute approximate surface area is 121 Å². The molecule has 2 unspecified atom stereocenters. The largest absolute Gasteiger partial charge is 0.480 e. The second-order valence-electron chi connectivity index (χ2n) is 5.04. The van der Waals surface area contributed by atoms with Gasteiger partial charge in [-0.1, -0.05) is 6.92 Å². The molecule has 0 bridgehead atoms. The van der Waals surface area contributed by atoms with Crippen LogP contribution in [0.2, 0.25) is 0 Å². The number of anilines is 1. The van der Waals surface area contributed by atoms with E-state index in [-0.39, 0.29) is 5.92 Å². The van der Waals surface area contributed by atoms with Crippen LogP contribution in [0.1, 0.15) is 13.3 Å². The lowest BCUT2D eigenvalue weighted by Gasteiger charge is -2.25. The summed E-state index contributed by atoms with van der Waals surface area (Å²) < 4.78 is 47.5. The molecule has 21 heavy (non-hydrogen) atoms. The van der Waals surface area contributed by atoms with Gasteiger partial charge in [0.05, 0.1) is 4.90 Å². The minimum atomic E-state index is -4.63. The van der Waals surface area contributed by atoms with Gasteiger partial charge in [-0.2, -0.15) is 8.78 Å². The van der Waals surface area contributed by atoms with Crippen molar-refractivity contribution in [3.05, 3.63) is 24.3 Å². The predicted octanol–water partition coefficient (Wildman–Crippen LogP) is 1.98. The fraction of sp³-hybridized carbons (Fsp3) is 0.462. The van der Waals surface area contributed by atoms with E-state index in [0.717, 1.165) is 12.1 Å².